The van der Waals surface area contributed by atoms with Crippen molar-refractivity contribution in [1.82, 2.24) is 5.32 Å². The zero-order valence-electron chi connectivity index (χ0n) is 3.64. The molecule has 2 unspecified atom stereocenters. The van der Waals surface area contributed by atoms with Crippen molar-refractivity contribution in [3.8, 4) is 0 Å². The number of nitrogens with two attached hydrogens (primary N) is 1. The molecular weight excluding hydrogens is 80.0 g/mol. The topological polar surface area (TPSA) is 50.6 Å². The minimum atomic E-state index is -0.0463. The predicted molar refractivity (Wildman–Crippen MR) is 21.9 cm³/mol. The second-order valence-electron chi connectivity index (χ2n) is 1.31. The van der Waals surface area contributed by atoms with Crippen molar-refractivity contribution in [2.45, 2.75) is 12.5 Å². The molecule has 36 valence electrons. The Labute approximate surface area is 36.5 Å². The lowest BCUT2D eigenvalue weighted by Gasteiger charge is -1.78. The van der Waals surface area contributed by atoms with Gasteiger partial charge in [0.05, 0.1) is 0 Å². The van der Waals surface area contributed by atoms with Crippen molar-refractivity contribution < 1.29 is 4.74 Å². The Bertz CT molecular complexity index is 54.8. The number of hydrogen-bond acceptors (Lipinski definition) is 3. The van der Waals surface area contributed by atoms with E-state index in [2.05, 4.69) is 5.32 Å². The molecule has 1 aliphatic heterocycles. The Morgan fingerprint density at radius 1 is 1.83 bits per heavy atom. The summed E-state index contributed by atoms with van der Waals surface area (Å²) >= 11 is 0. The van der Waals surface area contributed by atoms with Crippen LogP contribution in [0.4, 0.5) is 0 Å². The summed E-state index contributed by atoms with van der Waals surface area (Å²) in [4.78, 5) is 0. The largest absolute Gasteiger partial charge is 0.337 e. The van der Waals surface area contributed by atoms with Gasteiger partial charge in [-0.3, -0.25) is 5.32 Å². The number of nitrogens with one attached hydrogen (secondary N) is 1. The summed E-state index contributed by atoms with van der Waals surface area (Å²) in [6, 6.07) is 0. The predicted octanol–water partition coefficient (Wildman–Crippen LogP) is -1.15. The quantitative estimate of drug-likeness (QED) is 0.398. The summed E-state index contributed by atoms with van der Waals surface area (Å²) in [5.74, 6) is 0. The van der Waals surface area contributed by atoms with Gasteiger partial charge in [-0.25, -0.2) is 0 Å². The fraction of sp³-hybridized carbons (Fsp3) is 1.00. The van der Waals surface area contributed by atoms with Crippen molar-refractivity contribution in [3.05, 3.63) is 0 Å². The third-order valence-electron chi connectivity index (χ3n) is 0.810. The van der Waals surface area contributed by atoms with E-state index in [0.29, 0.717) is 0 Å². The molecule has 1 aliphatic rings. The van der Waals surface area contributed by atoms with E-state index < -0.39 is 0 Å². The SMILES string of the molecule is CNC1OC1N. The molecule has 0 aliphatic carbocycles. The first-order chi connectivity index (χ1) is 2.84. The molecule has 0 aromatic rings. The van der Waals surface area contributed by atoms with Crippen LogP contribution in [-0.4, -0.2) is 19.5 Å². The zero-order chi connectivity index (χ0) is 4.57. The second kappa shape index (κ2) is 1.18. The Balaban J connectivity index is 2.09. The van der Waals surface area contributed by atoms with Gasteiger partial charge in [0.1, 0.15) is 12.5 Å². The first kappa shape index (κ1) is 4.05. The van der Waals surface area contributed by atoms with Gasteiger partial charge < -0.3 is 10.5 Å². The van der Waals surface area contributed by atoms with E-state index in [0.717, 1.165) is 0 Å². The van der Waals surface area contributed by atoms with Crippen LogP contribution in [0.5, 0.6) is 0 Å². The molecule has 0 saturated carbocycles. The normalized spacial score (nSPS) is 43.0. The third-order valence-corrected chi connectivity index (χ3v) is 0.810. The van der Waals surface area contributed by atoms with Crippen LogP contribution < -0.4 is 11.1 Å². The van der Waals surface area contributed by atoms with Gasteiger partial charge in [-0.2, -0.15) is 0 Å². The summed E-state index contributed by atoms with van der Waals surface area (Å²) in [6.45, 7) is 0. The number of rotatable bonds is 1. The van der Waals surface area contributed by atoms with Crippen molar-refractivity contribution in [2.24, 2.45) is 5.73 Å². The average molecular weight is 88.1 g/mol. The third kappa shape index (κ3) is 0.518. The molecule has 2 atom stereocenters. The van der Waals surface area contributed by atoms with E-state index in [1.807, 2.05) is 7.05 Å². The zero-order valence-corrected chi connectivity index (χ0v) is 3.64. The summed E-state index contributed by atoms with van der Waals surface area (Å²) in [5, 5.41) is 2.84. The maximum Gasteiger partial charge on any atom is 0.150 e. The molecule has 0 aromatic carbocycles. The van der Waals surface area contributed by atoms with Crippen LogP contribution in [0.2, 0.25) is 0 Å². The molecule has 1 heterocycles. The summed E-state index contributed by atoms with van der Waals surface area (Å²) < 4.78 is 4.73. The lowest BCUT2D eigenvalue weighted by molar-refractivity contribution is 0.356. The van der Waals surface area contributed by atoms with Crippen molar-refractivity contribution in [3.63, 3.8) is 0 Å². The van der Waals surface area contributed by atoms with E-state index >= 15 is 0 Å². The standard InChI is InChI=1S/C3H8N2O/c1-5-3-2(4)6-3/h2-3,5H,4H2,1H3. The molecule has 3 heteroatoms. The molecule has 0 radical (unpaired) electrons. The molecule has 3 nitrogen and oxygen atoms in total. The van der Waals surface area contributed by atoms with Crippen LogP contribution in [0.25, 0.3) is 0 Å². The van der Waals surface area contributed by atoms with Gasteiger partial charge in [0.2, 0.25) is 0 Å². The molecule has 3 N–H and O–H groups in total. The van der Waals surface area contributed by atoms with Crippen molar-refractivity contribution in [1.29, 1.82) is 0 Å². The van der Waals surface area contributed by atoms with E-state index in [-0.39, 0.29) is 12.5 Å². The number of epoxide rings is 1. The Morgan fingerprint density at radius 3 is 2.33 bits per heavy atom. The molecule has 1 rings (SSSR count). The molecule has 6 heavy (non-hydrogen) atoms. The van der Waals surface area contributed by atoms with Crippen LogP contribution in [0, 0.1) is 0 Å². The lowest BCUT2D eigenvalue weighted by atomic mass is 10.7. The van der Waals surface area contributed by atoms with E-state index in [1.54, 1.807) is 0 Å². The first-order valence-corrected chi connectivity index (χ1v) is 1.93. The second-order valence-corrected chi connectivity index (χ2v) is 1.31. The first-order valence-electron chi connectivity index (χ1n) is 1.93. The van der Waals surface area contributed by atoms with Crippen molar-refractivity contribution in [2.75, 3.05) is 7.05 Å². The highest BCUT2D eigenvalue weighted by molar-refractivity contribution is 4.73. The van der Waals surface area contributed by atoms with Crippen LogP contribution in [0.1, 0.15) is 0 Å². The summed E-state index contributed by atoms with van der Waals surface area (Å²) in [5.41, 5.74) is 5.19. The molecule has 1 fully saturated rings. The fourth-order valence-electron chi connectivity index (χ4n) is 0.356. The Hall–Kier alpha value is -0.120. The fourth-order valence-corrected chi connectivity index (χ4v) is 0.356. The minimum Gasteiger partial charge on any atom is -0.337 e. The highest BCUT2D eigenvalue weighted by Crippen LogP contribution is 2.09. The van der Waals surface area contributed by atoms with Gasteiger partial charge in [-0.15, -0.1) is 0 Å². The number of likely N-dealkylation sites (N-methyl/N-ethyl adjacent to an activating group) is 1. The number of hydrogen-bond donors (Lipinski definition) is 2. The smallest absolute Gasteiger partial charge is 0.150 e. The summed E-state index contributed by atoms with van der Waals surface area (Å²) in [7, 11) is 1.82. The monoisotopic (exact) mass is 88.1 g/mol. The van der Waals surface area contributed by atoms with Crippen molar-refractivity contribution >= 4 is 0 Å². The van der Waals surface area contributed by atoms with E-state index in [9.17, 15) is 0 Å². The van der Waals surface area contributed by atoms with Gasteiger partial charge >= 0.3 is 0 Å². The van der Waals surface area contributed by atoms with E-state index in [4.69, 9.17) is 10.5 Å². The molecule has 0 bridgehead atoms. The van der Waals surface area contributed by atoms with E-state index in [1.165, 1.54) is 0 Å². The lowest BCUT2D eigenvalue weighted by Crippen LogP contribution is -2.17. The summed E-state index contributed by atoms with van der Waals surface area (Å²) in [6.07, 6.45) is 0.0833. The molecular formula is C3H8N2O. The molecule has 0 spiro atoms. The molecule has 1 saturated heterocycles. The van der Waals surface area contributed by atoms with Crippen LogP contribution in [0.3, 0.4) is 0 Å². The number of ether oxygens (including phenoxy) is 1. The average Bonchev–Trinajstić information content (AvgIpc) is 2.19. The van der Waals surface area contributed by atoms with Gasteiger partial charge in [0.25, 0.3) is 0 Å². The van der Waals surface area contributed by atoms with Gasteiger partial charge in [0, 0.05) is 0 Å². The van der Waals surface area contributed by atoms with Gasteiger partial charge in [-0.05, 0) is 7.05 Å². The Morgan fingerprint density at radius 2 is 2.33 bits per heavy atom. The Kier molecular flexibility index (Phi) is 0.799. The molecule has 0 aromatic heterocycles. The highest BCUT2D eigenvalue weighted by Gasteiger charge is 2.32. The maximum absolute atomic E-state index is 5.19. The molecule has 0 amide bonds. The highest BCUT2D eigenvalue weighted by atomic mass is 16.6. The van der Waals surface area contributed by atoms with Crippen LogP contribution in [0.15, 0.2) is 0 Å². The van der Waals surface area contributed by atoms with Gasteiger partial charge in [-0.1, -0.05) is 0 Å². The van der Waals surface area contributed by atoms with Gasteiger partial charge in [0.15, 0.2) is 0 Å². The minimum absolute atomic E-state index is 0.0463. The maximum atomic E-state index is 5.19. The van der Waals surface area contributed by atoms with Crippen LogP contribution >= 0.6 is 0 Å². The van der Waals surface area contributed by atoms with Crippen LogP contribution in [-0.2, 0) is 4.74 Å².